The average Bonchev–Trinajstić information content (AvgIpc) is 2.86. The van der Waals surface area contributed by atoms with E-state index in [1.807, 2.05) is 6.92 Å². The summed E-state index contributed by atoms with van der Waals surface area (Å²) in [6.07, 6.45) is 3.30. The van der Waals surface area contributed by atoms with Crippen molar-refractivity contribution < 1.29 is 19.2 Å². The number of carbonyl (C=O) groups excluding carboxylic acids is 2. The maximum Gasteiger partial charge on any atom is 0.331 e. The summed E-state index contributed by atoms with van der Waals surface area (Å²) in [4.78, 5) is 33.6. The molecule has 1 aromatic heterocycles. The van der Waals surface area contributed by atoms with Gasteiger partial charge in [0.25, 0.3) is 0 Å². The molecule has 0 saturated heterocycles. The summed E-state index contributed by atoms with van der Waals surface area (Å²) < 4.78 is 5.83. The van der Waals surface area contributed by atoms with Gasteiger partial charge in [0.2, 0.25) is 5.91 Å². The maximum absolute atomic E-state index is 12.0. The van der Waals surface area contributed by atoms with E-state index in [2.05, 4.69) is 15.2 Å². The van der Waals surface area contributed by atoms with Crippen molar-refractivity contribution >= 4 is 17.6 Å². The summed E-state index contributed by atoms with van der Waals surface area (Å²) in [6, 6.07) is 0. The second-order valence-electron chi connectivity index (χ2n) is 4.78. The van der Waals surface area contributed by atoms with Gasteiger partial charge in [-0.1, -0.05) is 13.3 Å². The van der Waals surface area contributed by atoms with Crippen LogP contribution in [0.5, 0.6) is 0 Å². The fourth-order valence-electron chi connectivity index (χ4n) is 1.97. The minimum absolute atomic E-state index is 0.202. The predicted molar refractivity (Wildman–Crippen MR) is 72.4 cm³/mol. The van der Waals surface area contributed by atoms with Crippen molar-refractivity contribution in [2.45, 2.75) is 38.8 Å². The number of nitrogens with zero attached hydrogens (tertiary/aromatic N) is 3. The maximum atomic E-state index is 12.0. The first kappa shape index (κ1) is 16.6. The second-order valence-corrected chi connectivity index (χ2v) is 4.78. The molecular weight excluding hydrogens is 280 g/mol. The quantitative estimate of drug-likeness (QED) is 0.448. The van der Waals surface area contributed by atoms with Crippen molar-refractivity contribution in [3.05, 3.63) is 22.5 Å². The van der Waals surface area contributed by atoms with Gasteiger partial charge in [-0.15, -0.1) is 0 Å². The number of ether oxygens (including phenoxy) is 1. The van der Waals surface area contributed by atoms with Crippen molar-refractivity contribution in [1.82, 2.24) is 15.1 Å². The zero-order valence-electron chi connectivity index (χ0n) is 12.2. The molecule has 9 nitrogen and oxygen atoms in total. The van der Waals surface area contributed by atoms with Gasteiger partial charge in [-0.3, -0.25) is 19.6 Å². The Hall–Kier alpha value is -2.45. The van der Waals surface area contributed by atoms with Crippen LogP contribution in [-0.2, 0) is 20.9 Å². The van der Waals surface area contributed by atoms with E-state index in [0.717, 1.165) is 17.1 Å². The Morgan fingerprint density at radius 1 is 1.57 bits per heavy atom. The lowest BCUT2D eigenvalue weighted by Gasteiger charge is -2.27. The van der Waals surface area contributed by atoms with Gasteiger partial charge in [0, 0.05) is 0 Å². The van der Waals surface area contributed by atoms with Crippen molar-refractivity contribution in [2.75, 3.05) is 7.11 Å². The van der Waals surface area contributed by atoms with E-state index in [1.165, 1.54) is 7.11 Å². The largest absolute Gasteiger partial charge is 0.467 e. The Morgan fingerprint density at radius 2 is 2.24 bits per heavy atom. The molecule has 0 aliphatic heterocycles. The van der Waals surface area contributed by atoms with Crippen molar-refractivity contribution in [3.63, 3.8) is 0 Å². The lowest BCUT2D eigenvalue weighted by molar-refractivity contribution is -0.385. The van der Waals surface area contributed by atoms with Crippen molar-refractivity contribution in [3.8, 4) is 0 Å². The Morgan fingerprint density at radius 3 is 2.71 bits per heavy atom. The summed E-state index contributed by atoms with van der Waals surface area (Å²) in [5.41, 5.74) is -1.33. The average molecular weight is 298 g/mol. The van der Waals surface area contributed by atoms with E-state index in [0.29, 0.717) is 12.8 Å². The first-order valence-corrected chi connectivity index (χ1v) is 6.38. The molecule has 1 unspecified atom stereocenters. The number of aromatic nitrogens is 2. The van der Waals surface area contributed by atoms with E-state index in [1.54, 1.807) is 6.92 Å². The molecule has 0 spiro atoms. The topological polar surface area (TPSA) is 116 Å². The predicted octanol–water partition coefficient (Wildman–Crippen LogP) is 0.639. The van der Waals surface area contributed by atoms with E-state index < -0.39 is 22.3 Å². The molecule has 0 radical (unpaired) electrons. The van der Waals surface area contributed by atoms with Crippen LogP contribution in [-0.4, -0.2) is 39.2 Å². The summed E-state index contributed by atoms with van der Waals surface area (Å²) in [5.74, 6) is -1.02. The first-order chi connectivity index (χ1) is 9.82. The smallest absolute Gasteiger partial charge is 0.331 e. The fourth-order valence-corrected chi connectivity index (χ4v) is 1.97. The summed E-state index contributed by atoms with van der Waals surface area (Å²) in [7, 11) is 1.25. The van der Waals surface area contributed by atoms with Gasteiger partial charge in [-0.25, -0.2) is 4.79 Å². The summed E-state index contributed by atoms with van der Waals surface area (Å²) in [6.45, 7) is 3.24. The molecule has 1 N–H and O–H groups in total. The standard InChI is InChI=1S/C12H18N4O5/c1-4-5-12(2,11(18)21-3)14-10(17)8-15-7-9(6-13-15)16(19)20/h6-7H,4-5,8H2,1-3H3,(H,14,17). The molecule has 0 bridgehead atoms. The zero-order valence-corrected chi connectivity index (χ0v) is 12.2. The Balaban J connectivity index is 2.73. The third-order valence-electron chi connectivity index (χ3n) is 2.94. The molecule has 21 heavy (non-hydrogen) atoms. The van der Waals surface area contributed by atoms with Crippen LogP contribution in [0.4, 0.5) is 5.69 Å². The van der Waals surface area contributed by atoms with Crippen LogP contribution in [0, 0.1) is 10.1 Å². The number of nitrogens with one attached hydrogen (secondary N) is 1. The van der Waals surface area contributed by atoms with Crippen LogP contribution in [0.25, 0.3) is 0 Å². The summed E-state index contributed by atoms with van der Waals surface area (Å²) in [5, 5.41) is 16.8. The van der Waals surface area contributed by atoms with E-state index >= 15 is 0 Å². The van der Waals surface area contributed by atoms with Gasteiger partial charge >= 0.3 is 11.7 Å². The van der Waals surface area contributed by atoms with Crippen LogP contribution in [0.1, 0.15) is 26.7 Å². The molecule has 1 heterocycles. The van der Waals surface area contributed by atoms with Gasteiger partial charge in [-0.2, -0.15) is 5.10 Å². The first-order valence-electron chi connectivity index (χ1n) is 6.38. The Labute approximate surface area is 121 Å². The van der Waals surface area contributed by atoms with Crippen molar-refractivity contribution in [1.29, 1.82) is 0 Å². The highest BCUT2D eigenvalue weighted by atomic mass is 16.6. The van der Waals surface area contributed by atoms with Gasteiger partial charge in [0.05, 0.1) is 12.0 Å². The monoisotopic (exact) mass is 298 g/mol. The van der Waals surface area contributed by atoms with E-state index in [-0.39, 0.29) is 12.2 Å². The molecule has 0 fully saturated rings. The van der Waals surface area contributed by atoms with Gasteiger partial charge in [0.1, 0.15) is 24.5 Å². The number of nitro groups is 1. The fraction of sp³-hybridized carbons (Fsp3) is 0.583. The molecule has 0 aliphatic rings. The highest BCUT2D eigenvalue weighted by Gasteiger charge is 2.35. The number of esters is 1. The lowest BCUT2D eigenvalue weighted by atomic mass is 9.96. The van der Waals surface area contributed by atoms with Crippen LogP contribution in [0.15, 0.2) is 12.4 Å². The third kappa shape index (κ3) is 4.26. The number of rotatable bonds is 7. The minimum Gasteiger partial charge on any atom is -0.467 e. The van der Waals surface area contributed by atoms with Crippen LogP contribution in [0.2, 0.25) is 0 Å². The van der Waals surface area contributed by atoms with Gasteiger partial charge in [-0.05, 0) is 13.3 Å². The molecule has 116 valence electrons. The summed E-state index contributed by atoms with van der Waals surface area (Å²) >= 11 is 0. The molecular formula is C12H18N4O5. The van der Waals surface area contributed by atoms with Gasteiger partial charge in [0.15, 0.2) is 0 Å². The number of amides is 1. The minimum atomic E-state index is -1.13. The van der Waals surface area contributed by atoms with Gasteiger partial charge < -0.3 is 10.1 Å². The number of carbonyl (C=O) groups is 2. The van der Waals surface area contributed by atoms with Crippen LogP contribution in [0.3, 0.4) is 0 Å². The third-order valence-corrected chi connectivity index (χ3v) is 2.94. The highest BCUT2D eigenvalue weighted by molar-refractivity contribution is 5.87. The molecule has 1 amide bonds. The molecule has 1 atom stereocenters. The number of hydrogen-bond acceptors (Lipinski definition) is 6. The Kier molecular flexibility index (Phi) is 5.39. The number of methoxy groups -OCH3 is 1. The molecule has 1 rings (SSSR count). The Bertz CT molecular complexity index is 542. The number of hydrogen-bond donors (Lipinski definition) is 1. The normalized spacial score (nSPS) is 13.3. The van der Waals surface area contributed by atoms with E-state index in [9.17, 15) is 19.7 Å². The molecule has 0 aliphatic carbocycles. The van der Waals surface area contributed by atoms with Crippen LogP contribution < -0.4 is 5.32 Å². The zero-order chi connectivity index (χ0) is 16.0. The SMILES string of the molecule is CCCC(C)(NC(=O)Cn1cc([N+](=O)[O-])cn1)C(=O)OC. The molecule has 0 saturated carbocycles. The van der Waals surface area contributed by atoms with Crippen molar-refractivity contribution in [2.24, 2.45) is 0 Å². The molecule has 9 heteroatoms. The lowest BCUT2D eigenvalue weighted by Crippen LogP contribution is -2.53. The molecule has 1 aromatic rings. The van der Waals surface area contributed by atoms with Crippen LogP contribution >= 0.6 is 0 Å². The second kappa shape index (κ2) is 6.82. The van der Waals surface area contributed by atoms with E-state index in [4.69, 9.17) is 0 Å². The molecule has 0 aromatic carbocycles. The highest BCUT2D eigenvalue weighted by Crippen LogP contribution is 2.14.